The Balaban J connectivity index is 1.50. The third kappa shape index (κ3) is 3.53. The van der Waals surface area contributed by atoms with E-state index >= 15 is 0 Å². The molecular formula is C24H19F3N4O4. The van der Waals surface area contributed by atoms with Crippen LogP contribution >= 0.6 is 0 Å². The number of halogens is 3. The van der Waals surface area contributed by atoms with Crippen LogP contribution in [-0.4, -0.2) is 38.7 Å². The van der Waals surface area contributed by atoms with Crippen molar-refractivity contribution in [1.29, 1.82) is 5.26 Å². The molecule has 35 heavy (non-hydrogen) atoms. The van der Waals surface area contributed by atoms with Crippen molar-refractivity contribution in [2.75, 3.05) is 13.7 Å². The van der Waals surface area contributed by atoms with E-state index in [1.807, 2.05) is 0 Å². The number of carbonyl (C=O) groups excluding carboxylic acids is 1. The number of ether oxygens (including phenoxy) is 1. The van der Waals surface area contributed by atoms with Gasteiger partial charge in [0.05, 0.1) is 48.5 Å². The first-order chi connectivity index (χ1) is 16.6. The molecule has 2 aromatic carbocycles. The van der Waals surface area contributed by atoms with E-state index < -0.39 is 41.0 Å². The number of hydrogen-bond acceptors (Lipinski definition) is 5. The second-order valence-corrected chi connectivity index (χ2v) is 8.52. The summed E-state index contributed by atoms with van der Waals surface area (Å²) in [5.41, 5.74) is -1.75. The third-order valence-electron chi connectivity index (χ3n) is 6.55. The number of aromatic nitrogens is 2. The SMILES string of the molecule is COc1cccc(CC(=O)N2C[C@@H]3C[C@H]2c2c(O)n(-c4ccc(C#N)c(C(F)(F)F)c4)c(=O)n23)c1. The zero-order valence-electron chi connectivity index (χ0n) is 18.4. The van der Waals surface area contributed by atoms with E-state index in [4.69, 9.17) is 10.00 Å². The standard InChI is InChI=1S/C24H19F3N4O4/c1-35-17-4-2-3-13(7-17)8-20(32)29-12-16-10-19(29)21-22(33)31(23(34)30(16)21)15-6-5-14(11-28)18(9-15)24(25,26)27/h2-7,9,16,19,33H,8,10,12H2,1H3/t16-,19-/m0/s1. The van der Waals surface area contributed by atoms with Gasteiger partial charge in [0.2, 0.25) is 11.8 Å². The molecule has 1 N–H and O–H groups in total. The number of imidazole rings is 1. The van der Waals surface area contributed by atoms with Crippen LogP contribution < -0.4 is 10.4 Å². The molecule has 5 rings (SSSR count). The van der Waals surface area contributed by atoms with Gasteiger partial charge in [-0.3, -0.25) is 9.36 Å². The number of hydrogen-bond donors (Lipinski definition) is 1. The lowest BCUT2D eigenvalue weighted by molar-refractivity contribution is -0.137. The van der Waals surface area contributed by atoms with E-state index in [-0.39, 0.29) is 30.3 Å². The number of nitriles is 1. The highest BCUT2D eigenvalue weighted by Crippen LogP contribution is 2.49. The minimum Gasteiger partial charge on any atom is -0.497 e. The molecule has 3 heterocycles. The van der Waals surface area contributed by atoms with E-state index in [0.717, 1.165) is 16.2 Å². The molecule has 11 heteroatoms. The zero-order valence-corrected chi connectivity index (χ0v) is 18.4. The number of alkyl halides is 3. The number of carbonyl (C=O) groups is 1. The van der Waals surface area contributed by atoms with E-state index in [0.29, 0.717) is 18.2 Å². The van der Waals surface area contributed by atoms with E-state index in [1.54, 1.807) is 29.2 Å². The summed E-state index contributed by atoms with van der Waals surface area (Å²) in [6, 6.07) is 10.4. The molecule has 1 fully saturated rings. The van der Waals surface area contributed by atoms with Crippen LogP contribution in [0.2, 0.25) is 0 Å². The Kier molecular flexibility index (Phi) is 5.12. The van der Waals surface area contributed by atoms with Gasteiger partial charge in [0, 0.05) is 6.54 Å². The molecule has 8 nitrogen and oxygen atoms in total. The number of benzene rings is 2. The highest BCUT2D eigenvalue weighted by molar-refractivity contribution is 5.80. The number of rotatable bonds is 4. The lowest BCUT2D eigenvalue weighted by atomic mass is 10.1. The summed E-state index contributed by atoms with van der Waals surface area (Å²) in [6.07, 6.45) is -4.29. The van der Waals surface area contributed by atoms with Gasteiger partial charge in [-0.1, -0.05) is 12.1 Å². The Morgan fingerprint density at radius 1 is 1.26 bits per heavy atom. The molecule has 2 aliphatic heterocycles. The molecule has 1 aromatic heterocycles. The molecule has 0 aliphatic carbocycles. The van der Waals surface area contributed by atoms with Crippen molar-refractivity contribution in [3.63, 3.8) is 0 Å². The van der Waals surface area contributed by atoms with Crippen molar-refractivity contribution in [2.45, 2.75) is 31.1 Å². The largest absolute Gasteiger partial charge is 0.497 e. The van der Waals surface area contributed by atoms with Crippen LogP contribution in [0.1, 0.15) is 40.9 Å². The lowest BCUT2D eigenvalue weighted by Gasteiger charge is -2.27. The van der Waals surface area contributed by atoms with Crippen LogP contribution in [0.25, 0.3) is 5.69 Å². The van der Waals surface area contributed by atoms with E-state index in [9.17, 15) is 27.9 Å². The molecule has 180 valence electrons. The summed E-state index contributed by atoms with van der Waals surface area (Å²) in [4.78, 5) is 27.8. The molecule has 0 unspecified atom stereocenters. The number of amides is 1. The van der Waals surface area contributed by atoms with E-state index in [2.05, 4.69) is 0 Å². The maximum atomic E-state index is 13.4. The molecule has 0 saturated carbocycles. The number of aromatic hydroxyl groups is 1. The predicted molar refractivity (Wildman–Crippen MR) is 116 cm³/mol. The first kappa shape index (κ1) is 22.6. The number of methoxy groups -OCH3 is 1. The van der Waals surface area contributed by atoms with Crippen molar-refractivity contribution in [3.05, 3.63) is 75.3 Å². The Morgan fingerprint density at radius 3 is 2.71 bits per heavy atom. The number of fused-ring (bicyclic) bond motifs is 5. The quantitative estimate of drug-likeness (QED) is 0.613. The van der Waals surface area contributed by atoms with Gasteiger partial charge in [-0.2, -0.15) is 18.4 Å². The molecule has 1 amide bonds. The smallest absolute Gasteiger partial charge is 0.417 e. The van der Waals surface area contributed by atoms with Gasteiger partial charge < -0.3 is 14.7 Å². The van der Waals surface area contributed by atoms with Gasteiger partial charge in [-0.15, -0.1) is 0 Å². The molecule has 2 bridgehead atoms. The predicted octanol–water partition coefficient (Wildman–Crippen LogP) is 3.31. The fraction of sp³-hybridized carbons (Fsp3) is 0.292. The molecule has 2 aliphatic rings. The first-order valence-electron chi connectivity index (χ1n) is 10.7. The fourth-order valence-electron chi connectivity index (χ4n) is 5.02. The van der Waals surface area contributed by atoms with Crippen molar-refractivity contribution < 1.29 is 27.8 Å². The maximum Gasteiger partial charge on any atom is 0.417 e. The second kappa shape index (κ2) is 7.94. The number of nitrogens with zero attached hydrogens (tertiary/aromatic N) is 4. The van der Waals surface area contributed by atoms with Crippen LogP contribution in [0, 0.1) is 11.3 Å². The van der Waals surface area contributed by atoms with Crippen LogP contribution in [0.5, 0.6) is 11.6 Å². The fourth-order valence-corrected chi connectivity index (χ4v) is 5.02. The van der Waals surface area contributed by atoms with Gasteiger partial charge in [-0.05, 0) is 42.3 Å². The highest BCUT2D eigenvalue weighted by Gasteiger charge is 2.49. The van der Waals surface area contributed by atoms with Crippen LogP contribution in [0.15, 0.2) is 47.3 Å². The van der Waals surface area contributed by atoms with Crippen molar-refractivity contribution in [2.24, 2.45) is 0 Å². The second-order valence-electron chi connectivity index (χ2n) is 8.52. The van der Waals surface area contributed by atoms with Crippen LogP contribution in [0.4, 0.5) is 13.2 Å². The summed E-state index contributed by atoms with van der Waals surface area (Å²) in [7, 11) is 1.53. The summed E-state index contributed by atoms with van der Waals surface area (Å²) >= 11 is 0. The average molecular weight is 484 g/mol. The molecule has 1 saturated heterocycles. The Morgan fingerprint density at radius 2 is 2.03 bits per heavy atom. The third-order valence-corrected chi connectivity index (χ3v) is 6.55. The van der Waals surface area contributed by atoms with Crippen LogP contribution in [0.3, 0.4) is 0 Å². The normalized spacial score (nSPS) is 18.4. The summed E-state index contributed by atoms with van der Waals surface area (Å²) in [5, 5.41) is 20.0. The topological polar surface area (TPSA) is 100 Å². The summed E-state index contributed by atoms with van der Waals surface area (Å²) in [6.45, 7) is 0.255. The average Bonchev–Trinajstić information content (AvgIpc) is 3.49. The van der Waals surface area contributed by atoms with E-state index in [1.165, 1.54) is 23.8 Å². The van der Waals surface area contributed by atoms with Gasteiger partial charge in [-0.25, -0.2) is 9.36 Å². The maximum absolute atomic E-state index is 13.4. The Bertz CT molecular complexity index is 1450. The van der Waals surface area contributed by atoms with Gasteiger partial charge in [0.25, 0.3) is 0 Å². The molecule has 0 radical (unpaired) electrons. The van der Waals surface area contributed by atoms with Crippen molar-refractivity contribution >= 4 is 5.91 Å². The molecule has 2 atom stereocenters. The Labute approximate surface area is 197 Å². The van der Waals surface area contributed by atoms with Crippen molar-refractivity contribution in [3.8, 4) is 23.4 Å². The minimum absolute atomic E-state index is 0.0939. The summed E-state index contributed by atoms with van der Waals surface area (Å²) in [5.74, 6) is -0.101. The van der Waals surface area contributed by atoms with Crippen LogP contribution in [-0.2, 0) is 17.4 Å². The zero-order chi connectivity index (χ0) is 25.1. The molecule has 0 spiro atoms. The first-order valence-corrected chi connectivity index (χ1v) is 10.7. The van der Waals surface area contributed by atoms with Gasteiger partial charge in [0.15, 0.2) is 0 Å². The monoisotopic (exact) mass is 484 g/mol. The Hall–Kier alpha value is -4.20. The molecule has 3 aromatic rings. The van der Waals surface area contributed by atoms with Crippen molar-refractivity contribution in [1.82, 2.24) is 14.0 Å². The van der Waals surface area contributed by atoms with Gasteiger partial charge >= 0.3 is 11.9 Å². The lowest BCUT2D eigenvalue weighted by Crippen LogP contribution is -2.38. The summed E-state index contributed by atoms with van der Waals surface area (Å²) < 4.78 is 47.6. The minimum atomic E-state index is -4.81. The number of likely N-dealkylation sites (tertiary alicyclic amines) is 1. The van der Waals surface area contributed by atoms with Gasteiger partial charge in [0.1, 0.15) is 11.4 Å². The molecular weight excluding hydrogens is 465 g/mol. The highest BCUT2D eigenvalue weighted by atomic mass is 19.4.